The summed E-state index contributed by atoms with van der Waals surface area (Å²) in [5.41, 5.74) is 4.72. The van der Waals surface area contributed by atoms with Gasteiger partial charge < -0.3 is 25.4 Å². The van der Waals surface area contributed by atoms with E-state index >= 15 is 0 Å². The molecule has 4 rings (SSSR count). The van der Waals surface area contributed by atoms with Crippen molar-refractivity contribution in [2.45, 2.75) is 44.9 Å². The van der Waals surface area contributed by atoms with Crippen LogP contribution in [0.15, 0.2) is 24.4 Å². The van der Waals surface area contributed by atoms with Crippen LogP contribution >= 0.6 is 0 Å². The molecule has 2 saturated heterocycles. The number of fused-ring (bicyclic) bond motifs is 2. The maximum absolute atomic E-state index is 11.9. The third kappa shape index (κ3) is 2.71. The summed E-state index contributed by atoms with van der Waals surface area (Å²) in [6.45, 7) is 8.74. The monoisotopic (exact) mass is 384 g/mol. The zero-order chi connectivity index (χ0) is 20.3. The molecule has 2 amide bonds. The van der Waals surface area contributed by atoms with Crippen molar-refractivity contribution in [1.29, 1.82) is 0 Å². The van der Waals surface area contributed by atoms with Crippen molar-refractivity contribution in [1.82, 2.24) is 10.3 Å². The lowest BCUT2D eigenvalue weighted by molar-refractivity contribution is 0.0537. The Morgan fingerprint density at radius 1 is 1.36 bits per heavy atom. The molecule has 8 nitrogen and oxygen atoms in total. The minimum Gasteiger partial charge on any atom is -0.490 e. The first kappa shape index (κ1) is 18.3. The molecule has 1 aromatic carbocycles. The van der Waals surface area contributed by atoms with Crippen LogP contribution in [0.1, 0.15) is 38.1 Å². The summed E-state index contributed by atoms with van der Waals surface area (Å²) in [7, 11) is 0. The Kier molecular flexibility index (Phi) is 3.92. The summed E-state index contributed by atoms with van der Waals surface area (Å²) in [5, 5.41) is 4.61. The van der Waals surface area contributed by atoms with Gasteiger partial charge in [-0.05, 0) is 51.3 Å². The molecule has 0 spiro atoms. The number of alkyl carbamates (subject to hydrolysis) is 1. The van der Waals surface area contributed by atoms with Crippen LogP contribution in [0.4, 0.5) is 10.6 Å². The molecule has 2 aromatic rings. The van der Waals surface area contributed by atoms with E-state index in [9.17, 15) is 9.59 Å². The van der Waals surface area contributed by atoms with Gasteiger partial charge in [-0.1, -0.05) is 0 Å². The zero-order valence-electron chi connectivity index (χ0n) is 16.4. The maximum Gasteiger partial charge on any atom is 0.408 e. The minimum atomic E-state index is -0.654. The Labute approximate surface area is 163 Å². The van der Waals surface area contributed by atoms with Crippen LogP contribution in [0.3, 0.4) is 0 Å². The molecule has 3 N–H and O–H groups in total. The Morgan fingerprint density at radius 2 is 2.11 bits per heavy atom. The van der Waals surface area contributed by atoms with Crippen LogP contribution in [0.25, 0.3) is 10.8 Å². The summed E-state index contributed by atoms with van der Waals surface area (Å²) in [5.74, 6) is 0.644. The van der Waals surface area contributed by atoms with Crippen molar-refractivity contribution in [3.8, 4) is 5.75 Å². The van der Waals surface area contributed by atoms with E-state index in [0.717, 1.165) is 16.6 Å². The fourth-order valence-corrected chi connectivity index (χ4v) is 4.05. The molecular weight excluding hydrogens is 360 g/mol. The second-order valence-electron chi connectivity index (χ2n) is 8.17. The highest BCUT2D eigenvalue weighted by atomic mass is 16.6. The number of nitrogens with two attached hydrogens (primary N) is 1. The molecule has 28 heavy (non-hydrogen) atoms. The number of ether oxygens (including phenoxy) is 2. The largest absolute Gasteiger partial charge is 0.490 e. The van der Waals surface area contributed by atoms with Crippen molar-refractivity contribution in [2.75, 3.05) is 18.0 Å². The molecule has 148 valence electrons. The first-order valence-corrected chi connectivity index (χ1v) is 9.27. The van der Waals surface area contributed by atoms with E-state index in [1.165, 1.54) is 0 Å². The van der Waals surface area contributed by atoms with Gasteiger partial charge in [0.1, 0.15) is 11.6 Å². The summed E-state index contributed by atoms with van der Waals surface area (Å²) in [4.78, 5) is 30.3. The van der Waals surface area contributed by atoms with E-state index in [4.69, 9.17) is 15.2 Å². The molecule has 0 radical (unpaired) electrons. The van der Waals surface area contributed by atoms with Crippen molar-refractivity contribution in [3.63, 3.8) is 0 Å². The van der Waals surface area contributed by atoms with E-state index in [1.807, 2.05) is 39.8 Å². The van der Waals surface area contributed by atoms with Gasteiger partial charge in [0, 0.05) is 18.1 Å². The standard InChI is InChI=1S/C20H24N4O4/c1-11(2)27-15-8-13-12(7-14(15)16(21)25)5-6-22-17(13)24-9-19(3)20(4,10-24)28-18(26)23-19/h5-8,11H,9-10H2,1-4H3,(H2,21,25)(H,23,26)/t19-,20+/m0/s1. The molecule has 2 atom stereocenters. The lowest BCUT2D eigenvalue weighted by Crippen LogP contribution is -2.52. The number of nitrogens with zero attached hydrogens (tertiary/aromatic N) is 2. The van der Waals surface area contributed by atoms with Crippen LogP contribution in [-0.2, 0) is 4.74 Å². The molecule has 0 aliphatic carbocycles. The first-order valence-electron chi connectivity index (χ1n) is 9.27. The number of amides is 2. The number of hydrogen-bond donors (Lipinski definition) is 2. The number of carbonyl (C=O) groups excluding carboxylic acids is 2. The fourth-order valence-electron chi connectivity index (χ4n) is 4.05. The highest BCUT2D eigenvalue weighted by Gasteiger charge is 2.61. The average Bonchev–Trinajstić information content (AvgIpc) is 2.95. The third-order valence-electron chi connectivity index (χ3n) is 5.63. The van der Waals surface area contributed by atoms with Gasteiger partial charge in [-0.25, -0.2) is 9.78 Å². The molecule has 0 bridgehead atoms. The van der Waals surface area contributed by atoms with E-state index in [0.29, 0.717) is 24.4 Å². The molecule has 2 aliphatic rings. The molecular formula is C20H24N4O4. The number of rotatable bonds is 4. The van der Waals surface area contributed by atoms with Gasteiger partial charge in [-0.2, -0.15) is 0 Å². The van der Waals surface area contributed by atoms with Gasteiger partial charge in [0.15, 0.2) is 5.60 Å². The van der Waals surface area contributed by atoms with Crippen LogP contribution in [0, 0.1) is 0 Å². The van der Waals surface area contributed by atoms with Gasteiger partial charge >= 0.3 is 6.09 Å². The molecule has 0 unspecified atom stereocenters. The van der Waals surface area contributed by atoms with Gasteiger partial charge in [0.25, 0.3) is 5.91 Å². The molecule has 1 aromatic heterocycles. The van der Waals surface area contributed by atoms with Crippen LogP contribution < -0.4 is 20.7 Å². The number of pyridine rings is 1. The number of carbonyl (C=O) groups is 2. The molecule has 2 fully saturated rings. The van der Waals surface area contributed by atoms with Gasteiger partial charge in [-0.15, -0.1) is 0 Å². The van der Waals surface area contributed by atoms with Crippen LogP contribution in [-0.4, -0.2) is 47.3 Å². The molecule has 2 aliphatic heterocycles. The van der Waals surface area contributed by atoms with E-state index in [1.54, 1.807) is 12.3 Å². The molecule has 0 saturated carbocycles. The average molecular weight is 384 g/mol. The van der Waals surface area contributed by atoms with Crippen LogP contribution in [0.5, 0.6) is 5.75 Å². The smallest absolute Gasteiger partial charge is 0.408 e. The lowest BCUT2D eigenvalue weighted by atomic mass is 9.87. The number of primary amides is 1. The third-order valence-corrected chi connectivity index (χ3v) is 5.63. The first-order chi connectivity index (χ1) is 13.1. The van der Waals surface area contributed by atoms with Crippen molar-refractivity contribution in [3.05, 3.63) is 30.0 Å². The SMILES string of the molecule is CC(C)Oc1cc2c(N3C[C@@]4(C)OC(=O)N[C@@]4(C)C3)nccc2cc1C(N)=O. The summed E-state index contributed by atoms with van der Waals surface area (Å²) in [6.07, 6.45) is 1.20. The Balaban J connectivity index is 1.81. The number of aromatic nitrogens is 1. The second kappa shape index (κ2) is 5.98. The quantitative estimate of drug-likeness (QED) is 0.837. The van der Waals surface area contributed by atoms with Crippen LogP contribution in [0.2, 0.25) is 0 Å². The summed E-state index contributed by atoms with van der Waals surface area (Å²) < 4.78 is 11.4. The number of nitrogens with one attached hydrogen (secondary N) is 1. The van der Waals surface area contributed by atoms with Crippen molar-refractivity contribution >= 4 is 28.6 Å². The number of benzene rings is 1. The normalized spacial score (nSPS) is 26.3. The zero-order valence-corrected chi connectivity index (χ0v) is 16.4. The maximum atomic E-state index is 11.9. The van der Waals surface area contributed by atoms with E-state index < -0.39 is 23.1 Å². The lowest BCUT2D eigenvalue weighted by Gasteiger charge is -2.27. The minimum absolute atomic E-state index is 0.108. The van der Waals surface area contributed by atoms with Crippen molar-refractivity contribution in [2.24, 2.45) is 5.73 Å². The topological polar surface area (TPSA) is 107 Å². The Bertz CT molecular complexity index is 970. The highest BCUT2D eigenvalue weighted by molar-refractivity contribution is 6.03. The number of hydrogen-bond acceptors (Lipinski definition) is 6. The summed E-state index contributed by atoms with van der Waals surface area (Å²) in [6, 6.07) is 5.39. The van der Waals surface area contributed by atoms with Gasteiger partial charge in [0.2, 0.25) is 0 Å². The predicted molar refractivity (Wildman–Crippen MR) is 105 cm³/mol. The second-order valence-corrected chi connectivity index (χ2v) is 8.17. The highest BCUT2D eigenvalue weighted by Crippen LogP contribution is 2.42. The van der Waals surface area contributed by atoms with E-state index in [-0.39, 0.29) is 6.10 Å². The van der Waals surface area contributed by atoms with Gasteiger partial charge in [-0.3, -0.25) is 4.79 Å². The van der Waals surface area contributed by atoms with E-state index in [2.05, 4.69) is 15.2 Å². The fraction of sp³-hybridized carbons (Fsp3) is 0.450. The molecule has 8 heteroatoms. The Morgan fingerprint density at radius 3 is 2.75 bits per heavy atom. The summed E-state index contributed by atoms with van der Waals surface area (Å²) >= 11 is 0. The van der Waals surface area contributed by atoms with Crippen molar-refractivity contribution < 1.29 is 19.1 Å². The number of anilines is 1. The molecule has 3 heterocycles. The van der Waals surface area contributed by atoms with Gasteiger partial charge in [0.05, 0.1) is 23.8 Å². The predicted octanol–water partition coefficient (Wildman–Crippen LogP) is 2.20. The Hall–Kier alpha value is -3.03.